The summed E-state index contributed by atoms with van der Waals surface area (Å²) in [6.07, 6.45) is 1.52. The first-order chi connectivity index (χ1) is 9.56. The maximum Gasteiger partial charge on any atom is 0.233 e. The van der Waals surface area contributed by atoms with Gasteiger partial charge in [-0.3, -0.25) is 4.68 Å². The predicted molar refractivity (Wildman–Crippen MR) is 79.5 cm³/mol. The molecule has 7 heteroatoms. The number of nitrogens with two attached hydrogens (primary N) is 1. The van der Waals surface area contributed by atoms with E-state index in [-0.39, 0.29) is 6.04 Å². The fourth-order valence-electron chi connectivity index (χ4n) is 1.99. The van der Waals surface area contributed by atoms with Gasteiger partial charge in [-0.05, 0) is 28.4 Å². The van der Waals surface area contributed by atoms with E-state index < -0.39 is 0 Å². The van der Waals surface area contributed by atoms with Crippen LogP contribution in [0.2, 0.25) is 0 Å². The molecule has 0 aliphatic rings. The van der Waals surface area contributed by atoms with E-state index in [1.807, 2.05) is 17.8 Å². The van der Waals surface area contributed by atoms with Crippen LogP contribution in [0.3, 0.4) is 0 Å². The first-order valence-electron chi connectivity index (χ1n) is 6.40. The highest BCUT2D eigenvalue weighted by Crippen LogP contribution is 2.25. The minimum atomic E-state index is -0.232. The van der Waals surface area contributed by atoms with Gasteiger partial charge in [-0.2, -0.15) is 10.2 Å². The van der Waals surface area contributed by atoms with Crippen molar-refractivity contribution in [2.45, 2.75) is 25.8 Å². The molecule has 6 nitrogen and oxygen atoms in total. The second kappa shape index (κ2) is 6.32. The largest absolute Gasteiger partial charge is 0.480 e. The minimum absolute atomic E-state index is 0.232. The maximum absolute atomic E-state index is 6.20. The predicted octanol–water partition coefficient (Wildman–Crippen LogP) is 1.79. The third-order valence-electron chi connectivity index (χ3n) is 3.17. The van der Waals surface area contributed by atoms with Crippen molar-refractivity contribution in [1.82, 2.24) is 20.0 Å². The van der Waals surface area contributed by atoms with Crippen molar-refractivity contribution in [1.29, 1.82) is 0 Å². The highest BCUT2D eigenvalue weighted by Gasteiger charge is 2.17. The smallest absolute Gasteiger partial charge is 0.233 e. The molecular formula is C13H18BrN5O. The van der Waals surface area contributed by atoms with Crippen LogP contribution in [0.15, 0.2) is 16.6 Å². The first-order valence-corrected chi connectivity index (χ1v) is 7.19. The van der Waals surface area contributed by atoms with E-state index >= 15 is 0 Å². The highest BCUT2D eigenvalue weighted by molar-refractivity contribution is 9.10. The Morgan fingerprint density at radius 2 is 2.15 bits per heavy atom. The van der Waals surface area contributed by atoms with E-state index in [0.29, 0.717) is 12.3 Å². The maximum atomic E-state index is 6.20. The Morgan fingerprint density at radius 3 is 2.65 bits per heavy atom. The zero-order valence-corrected chi connectivity index (χ0v) is 13.4. The summed E-state index contributed by atoms with van der Waals surface area (Å²) in [5, 5.41) is 12.5. The third-order valence-corrected chi connectivity index (χ3v) is 4.08. The van der Waals surface area contributed by atoms with Gasteiger partial charge in [0, 0.05) is 19.5 Å². The van der Waals surface area contributed by atoms with E-state index in [2.05, 4.69) is 38.1 Å². The molecule has 0 saturated heterocycles. The Morgan fingerprint density at radius 1 is 1.40 bits per heavy atom. The van der Waals surface area contributed by atoms with Gasteiger partial charge < -0.3 is 10.5 Å². The van der Waals surface area contributed by atoms with Crippen molar-refractivity contribution in [2.24, 2.45) is 12.8 Å². The first kappa shape index (κ1) is 14.9. The van der Waals surface area contributed by atoms with Crippen molar-refractivity contribution in [3.05, 3.63) is 33.7 Å². The molecular weight excluding hydrogens is 322 g/mol. The van der Waals surface area contributed by atoms with Gasteiger partial charge in [0.2, 0.25) is 5.88 Å². The van der Waals surface area contributed by atoms with E-state index in [0.717, 1.165) is 28.0 Å². The molecule has 0 amide bonds. The quantitative estimate of drug-likeness (QED) is 0.898. The number of halogens is 1. The molecule has 0 aliphatic heterocycles. The lowest BCUT2D eigenvalue weighted by Gasteiger charge is -2.11. The molecule has 2 aromatic rings. The summed E-state index contributed by atoms with van der Waals surface area (Å²) in [4.78, 5) is 0. The Labute approximate surface area is 126 Å². The van der Waals surface area contributed by atoms with Crippen LogP contribution >= 0.6 is 15.9 Å². The number of aryl methyl sites for hydroxylation is 2. The SMILES string of the molecule is CCc1nn(C)c(CC(N)c2ccc(OC)nn2)c1Br. The van der Waals surface area contributed by atoms with Crippen LogP contribution in [-0.4, -0.2) is 27.1 Å². The van der Waals surface area contributed by atoms with Gasteiger partial charge in [0.05, 0.1) is 34.7 Å². The second-order valence-electron chi connectivity index (χ2n) is 4.50. The monoisotopic (exact) mass is 339 g/mol. The van der Waals surface area contributed by atoms with Gasteiger partial charge in [0.15, 0.2) is 0 Å². The molecule has 0 radical (unpaired) electrons. The second-order valence-corrected chi connectivity index (χ2v) is 5.29. The number of rotatable bonds is 5. The van der Waals surface area contributed by atoms with E-state index in [1.54, 1.807) is 13.2 Å². The van der Waals surface area contributed by atoms with Gasteiger partial charge in [0.1, 0.15) is 0 Å². The molecule has 108 valence electrons. The van der Waals surface area contributed by atoms with Crippen molar-refractivity contribution < 1.29 is 4.74 Å². The van der Waals surface area contributed by atoms with Crippen LogP contribution in [0, 0.1) is 0 Å². The molecule has 2 rings (SSSR count). The van der Waals surface area contributed by atoms with Crippen LogP contribution in [-0.2, 0) is 19.9 Å². The molecule has 1 unspecified atom stereocenters. The Bertz CT molecular complexity index is 581. The number of hydrogen-bond donors (Lipinski definition) is 1. The molecule has 2 heterocycles. The average molecular weight is 340 g/mol. The fourth-order valence-corrected chi connectivity index (χ4v) is 2.77. The van der Waals surface area contributed by atoms with Crippen molar-refractivity contribution in [3.63, 3.8) is 0 Å². The molecule has 0 spiro atoms. The standard InChI is InChI=1S/C13H18BrN5O/c1-4-9-13(14)11(19(2)18-9)7-8(15)10-5-6-12(20-3)17-16-10/h5-6,8H,4,7,15H2,1-3H3. The molecule has 0 fully saturated rings. The molecule has 0 saturated carbocycles. The number of nitrogens with zero attached hydrogens (tertiary/aromatic N) is 4. The van der Waals surface area contributed by atoms with Crippen LogP contribution in [0.4, 0.5) is 0 Å². The van der Waals surface area contributed by atoms with Gasteiger partial charge in [-0.1, -0.05) is 6.92 Å². The molecule has 0 aliphatic carbocycles. The Balaban J connectivity index is 2.18. The van der Waals surface area contributed by atoms with E-state index in [4.69, 9.17) is 10.5 Å². The van der Waals surface area contributed by atoms with Crippen LogP contribution in [0.1, 0.15) is 30.0 Å². The summed E-state index contributed by atoms with van der Waals surface area (Å²) in [6, 6.07) is 3.37. The van der Waals surface area contributed by atoms with E-state index in [9.17, 15) is 0 Å². The lowest BCUT2D eigenvalue weighted by atomic mass is 10.1. The summed E-state index contributed by atoms with van der Waals surface area (Å²) in [5.41, 5.74) is 9.03. The lowest BCUT2D eigenvalue weighted by molar-refractivity contribution is 0.390. The molecule has 1 atom stereocenters. The van der Waals surface area contributed by atoms with Gasteiger partial charge >= 0.3 is 0 Å². The van der Waals surface area contributed by atoms with Crippen LogP contribution < -0.4 is 10.5 Å². The number of hydrogen-bond acceptors (Lipinski definition) is 5. The van der Waals surface area contributed by atoms with Crippen molar-refractivity contribution in [3.8, 4) is 5.88 Å². The normalized spacial score (nSPS) is 12.4. The number of methoxy groups -OCH3 is 1. The van der Waals surface area contributed by atoms with Crippen molar-refractivity contribution >= 4 is 15.9 Å². The zero-order chi connectivity index (χ0) is 14.7. The summed E-state index contributed by atoms with van der Waals surface area (Å²) in [7, 11) is 3.48. The highest BCUT2D eigenvalue weighted by atomic mass is 79.9. The third kappa shape index (κ3) is 2.99. The molecule has 2 aromatic heterocycles. The van der Waals surface area contributed by atoms with Crippen LogP contribution in [0.5, 0.6) is 5.88 Å². The summed E-state index contributed by atoms with van der Waals surface area (Å²) < 4.78 is 7.88. The molecule has 20 heavy (non-hydrogen) atoms. The molecule has 0 bridgehead atoms. The fraction of sp³-hybridized carbons (Fsp3) is 0.462. The Kier molecular flexibility index (Phi) is 4.72. The minimum Gasteiger partial charge on any atom is -0.480 e. The molecule has 0 aromatic carbocycles. The summed E-state index contributed by atoms with van der Waals surface area (Å²) >= 11 is 3.59. The number of ether oxygens (including phenoxy) is 1. The molecule has 2 N–H and O–H groups in total. The Hall–Kier alpha value is -1.47. The van der Waals surface area contributed by atoms with Gasteiger partial charge in [-0.15, -0.1) is 5.10 Å². The average Bonchev–Trinajstić information content (AvgIpc) is 2.74. The van der Waals surface area contributed by atoms with Crippen LogP contribution in [0.25, 0.3) is 0 Å². The topological polar surface area (TPSA) is 78.9 Å². The zero-order valence-electron chi connectivity index (χ0n) is 11.8. The summed E-state index contributed by atoms with van der Waals surface area (Å²) in [6.45, 7) is 2.08. The number of aromatic nitrogens is 4. The van der Waals surface area contributed by atoms with Gasteiger partial charge in [-0.25, -0.2) is 0 Å². The van der Waals surface area contributed by atoms with Crippen molar-refractivity contribution in [2.75, 3.05) is 7.11 Å². The van der Waals surface area contributed by atoms with Gasteiger partial charge in [0.25, 0.3) is 0 Å². The summed E-state index contributed by atoms with van der Waals surface area (Å²) in [5.74, 6) is 0.482. The lowest BCUT2D eigenvalue weighted by Crippen LogP contribution is -2.17. The van der Waals surface area contributed by atoms with E-state index in [1.165, 1.54) is 0 Å².